The summed E-state index contributed by atoms with van der Waals surface area (Å²) in [5.74, 6) is 1.46. The first kappa shape index (κ1) is 17.4. The van der Waals surface area contributed by atoms with Crippen LogP contribution in [-0.2, 0) is 11.2 Å². The molecule has 0 saturated carbocycles. The van der Waals surface area contributed by atoms with Gasteiger partial charge in [0.05, 0.1) is 18.7 Å². The number of hydrogen-bond donors (Lipinski definition) is 1. The number of pyridine rings is 1. The van der Waals surface area contributed by atoms with E-state index in [2.05, 4.69) is 10.1 Å². The fourth-order valence-corrected chi connectivity index (χ4v) is 3.29. The quantitative estimate of drug-likeness (QED) is 0.881. The minimum atomic E-state index is -0.930. The summed E-state index contributed by atoms with van der Waals surface area (Å²) < 4.78 is 5.11. The summed E-state index contributed by atoms with van der Waals surface area (Å²) in [5.41, 5.74) is 0.631. The highest BCUT2D eigenvalue weighted by Gasteiger charge is 2.38. The van der Waals surface area contributed by atoms with Crippen molar-refractivity contribution < 1.29 is 14.4 Å². The number of aromatic nitrogens is 2. The van der Waals surface area contributed by atoms with Crippen molar-refractivity contribution in [3.05, 3.63) is 41.4 Å². The average Bonchev–Trinajstić information content (AvgIpc) is 3.13. The molecule has 25 heavy (non-hydrogen) atoms. The average molecular weight is 344 g/mol. The van der Waals surface area contributed by atoms with Gasteiger partial charge in [0.2, 0.25) is 5.91 Å². The Morgan fingerprint density at radius 3 is 2.88 bits per heavy atom. The lowest BCUT2D eigenvalue weighted by molar-refractivity contribution is -0.132. The van der Waals surface area contributed by atoms with Crippen molar-refractivity contribution in [1.82, 2.24) is 15.0 Å². The van der Waals surface area contributed by atoms with Gasteiger partial charge >= 0.3 is 0 Å². The number of aliphatic hydroxyl groups is 1. The molecule has 1 saturated heterocycles. The van der Waals surface area contributed by atoms with E-state index in [9.17, 15) is 9.90 Å². The fourth-order valence-electron chi connectivity index (χ4n) is 3.29. The van der Waals surface area contributed by atoms with Gasteiger partial charge in [-0.3, -0.25) is 4.79 Å². The summed E-state index contributed by atoms with van der Waals surface area (Å²) in [5, 5.41) is 14.8. The molecule has 7 heteroatoms. The molecule has 1 fully saturated rings. The highest BCUT2D eigenvalue weighted by molar-refractivity contribution is 5.79. The van der Waals surface area contributed by atoms with Gasteiger partial charge in [0.1, 0.15) is 17.2 Å². The smallest absolute Gasteiger partial charge is 0.227 e. The number of anilines is 1. The Balaban J connectivity index is 1.60. The number of hydrogen-bond acceptors (Lipinski definition) is 6. The standard InChI is InChI=1S/C18H24N4O3/c1-13-15(14(2)25-20-13)10-17(23)21(3)11-18(24)7-9-22(12-18)16-6-4-5-8-19-16/h4-6,8,24H,7,9-12H2,1-3H3. The maximum Gasteiger partial charge on any atom is 0.227 e. The third-order valence-electron chi connectivity index (χ3n) is 4.77. The number of β-amino-alcohol motifs (C(OH)–C–C–N with tert-alkyl or cyclic N) is 1. The van der Waals surface area contributed by atoms with E-state index in [0.29, 0.717) is 25.3 Å². The number of nitrogens with zero attached hydrogens (tertiary/aromatic N) is 4. The minimum absolute atomic E-state index is 0.0564. The van der Waals surface area contributed by atoms with Crippen LogP contribution in [-0.4, -0.2) is 58.3 Å². The van der Waals surface area contributed by atoms with Crippen LogP contribution in [0.2, 0.25) is 0 Å². The molecule has 0 spiro atoms. The van der Waals surface area contributed by atoms with Gasteiger partial charge in [0.15, 0.2) is 0 Å². The van der Waals surface area contributed by atoms with E-state index in [1.165, 1.54) is 0 Å². The molecule has 0 radical (unpaired) electrons. The lowest BCUT2D eigenvalue weighted by Crippen LogP contribution is -2.46. The second-order valence-corrected chi connectivity index (χ2v) is 6.81. The van der Waals surface area contributed by atoms with Gasteiger partial charge in [-0.05, 0) is 32.4 Å². The molecule has 7 nitrogen and oxygen atoms in total. The number of amides is 1. The van der Waals surface area contributed by atoms with Gasteiger partial charge in [-0.25, -0.2) is 4.98 Å². The van der Waals surface area contributed by atoms with Crippen molar-refractivity contribution in [1.29, 1.82) is 0 Å². The molecule has 1 N–H and O–H groups in total. The topological polar surface area (TPSA) is 82.7 Å². The normalized spacial score (nSPS) is 20.1. The van der Waals surface area contributed by atoms with E-state index in [0.717, 1.165) is 23.6 Å². The summed E-state index contributed by atoms with van der Waals surface area (Å²) in [6, 6.07) is 5.73. The van der Waals surface area contributed by atoms with Gasteiger partial charge in [-0.2, -0.15) is 0 Å². The Labute approximate surface area is 147 Å². The Kier molecular flexibility index (Phi) is 4.76. The molecular formula is C18H24N4O3. The minimum Gasteiger partial charge on any atom is -0.386 e. The van der Waals surface area contributed by atoms with Crippen LogP contribution in [0.15, 0.2) is 28.9 Å². The summed E-state index contributed by atoms with van der Waals surface area (Å²) in [7, 11) is 1.72. The van der Waals surface area contributed by atoms with Crippen molar-refractivity contribution in [3.63, 3.8) is 0 Å². The Morgan fingerprint density at radius 1 is 1.44 bits per heavy atom. The molecule has 3 rings (SSSR count). The summed E-state index contributed by atoms with van der Waals surface area (Å²) in [6.45, 7) is 5.11. The molecule has 1 amide bonds. The first-order valence-electron chi connectivity index (χ1n) is 8.42. The summed E-state index contributed by atoms with van der Waals surface area (Å²) in [4.78, 5) is 20.5. The van der Waals surface area contributed by atoms with E-state index >= 15 is 0 Å². The zero-order chi connectivity index (χ0) is 18.0. The molecule has 3 heterocycles. The Morgan fingerprint density at radius 2 is 2.24 bits per heavy atom. The Hall–Kier alpha value is -2.41. The Bertz CT molecular complexity index is 727. The maximum absolute atomic E-state index is 12.5. The first-order chi connectivity index (χ1) is 11.9. The molecule has 1 aliphatic heterocycles. The molecule has 0 aromatic carbocycles. The molecular weight excluding hydrogens is 320 g/mol. The van der Waals surface area contributed by atoms with E-state index in [-0.39, 0.29) is 12.3 Å². The highest BCUT2D eigenvalue weighted by Crippen LogP contribution is 2.26. The van der Waals surface area contributed by atoms with Crippen molar-refractivity contribution in [2.45, 2.75) is 32.3 Å². The predicted octanol–water partition coefficient (Wildman–Crippen LogP) is 1.33. The highest BCUT2D eigenvalue weighted by atomic mass is 16.5. The van der Waals surface area contributed by atoms with Gasteiger partial charge in [-0.15, -0.1) is 0 Å². The monoisotopic (exact) mass is 344 g/mol. The molecule has 0 aliphatic carbocycles. The number of likely N-dealkylation sites (N-methyl/N-ethyl adjacent to an activating group) is 1. The molecule has 1 atom stereocenters. The van der Waals surface area contributed by atoms with E-state index in [1.807, 2.05) is 30.0 Å². The third-order valence-corrected chi connectivity index (χ3v) is 4.77. The molecule has 1 aliphatic rings. The SMILES string of the molecule is Cc1noc(C)c1CC(=O)N(C)CC1(O)CCN(c2ccccn2)C1. The number of carbonyl (C=O) groups is 1. The lowest BCUT2D eigenvalue weighted by Gasteiger charge is -2.29. The first-order valence-corrected chi connectivity index (χ1v) is 8.42. The number of rotatable bonds is 5. The fraction of sp³-hybridized carbons (Fsp3) is 0.500. The van der Waals surface area contributed by atoms with E-state index < -0.39 is 5.60 Å². The van der Waals surface area contributed by atoms with Crippen LogP contribution in [0.5, 0.6) is 0 Å². The van der Waals surface area contributed by atoms with Crippen molar-refractivity contribution >= 4 is 11.7 Å². The van der Waals surface area contributed by atoms with E-state index in [1.54, 1.807) is 25.1 Å². The van der Waals surface area contributed by atoms with E-state index in [4.69, 9.17) is 4.52 Å². The molecule has 2 aromatic heterocycles. The van der Waals surface area contributed by atoms with Crippen LogP contribution in [0, 0.1) is 13.8 Å². The number of carbonyl (C=O) groups excluding carboxylic acids is 1. The number of aryl methyl sites for hydroxylation is 2. The molecule has 1 unspecified atom stereocenters. The summed E-state index contributed by atoms with van der Waals surface area (Å²) >= 11 is 0. The van der Waals surface area contributed by atoms with Gasteiger partial charge in [0.25, 0.3) is 0 Å². The van der Waals surface area contributed by atoms with Crippen LogP contribution >= 0.6 is 0 Å². The second kappa shape index (κ2) is 6.84. The predicted molar refractivity (Wildman–Crippen MR) is 93.3 cm³/mol. The second-order valence-electron chi connectivity index (χ2n) is 6.81. The summed E-state index contributed by atoms with van der Waals surface area (Å²) in [6.07, 6.45) is 2.58. The van der Waals surface area contributed by atoms with Crippen LogP contribution in [0.3, 0.4) is 0 Å². The van der Waals surface area contributed by atoms with Crippen molar-refractivity contribution in [2.75, 3.05) is 31.6 Å². The van der Waals surface area contributed by atoms with Crippen LogP contribution < -0.4 is 4.90 Å². The maximum atomic E-state index is 12.5. The van der Waals surface area contributed by atoms with Gasteiger partial charge in [-0.1, -0.05) is 11.2 Å². The molecule has 134 valence electrons. The van der Waals surface area contributed by atoms with Crippen molar-refractivity contribution in [3.8, 4) is 0 Å². The largest absolute Gasteiger partial charge is 0.386 e. The molecule has 2 aromatic rings. The van der Waals surface area contributed by atoms with Crippen molar-refractivity contribution in [2.24, 2.45) is 0 Å². The van der Waals surface area contributed by atoms with Gasteiger partial charge < -0.3 is 19.4 Å². The van der Waals surface area contributed by atoms with Gasteiger partial charge in [0, 0.05) is 31.9 Å². The lowest BCUT2D eigenvalue weighted by atomic mass is 10.0. The zero-order valence-electron chi connectivity index (χ0n) is 14.9. The molecule has 0 bridgehead atoms. The van der Waals surface area contributed by atoms with Crippen LogP contribution in [0.1, 0.15) is 23.4 Å². The zero-order valence-corrected chi connectivity index (χ0v) is 14.9. The van der Waals surface area contributed by atoms with Crippen LogP contribution in [0.25, 0.3) is 0 Å². The third kappa shape index (κ3) is 3.82. The van der Waals surface area contributed by atoms with Crippen LogP contribution in [0.4, 0.5) is 5.82 Å².